The Bertz CT molecular complexity index is 865. The number of carbonyl (C=O) groups is 1. The van der Waals surface area contributed by atoms with Crippen molar-refractivity contribution in [2.75, 3.05) is 24.7 Å². The molecule has 0 aliphatic heterocycles. The summed E-state index contributed by atoms with van der Waals surface area (Å²) in [7, 11) is 3.19. The van der Waals surface area contributed by atoms with Crippen LogP contribution in [-0.2, 0) is 0 Å². The third-order valence-corrected chi connectivity index (χ3v) is 3.79. The van der Waals surface area contributed by atoms with Gasteiger partial charge in [0.2, 0.25) is 0 Å². The van der Waals surface area contributed by atoms with E-state index in [1.807, 2.05) is 18.2 Å². The van der Waals surface area contributed by atoms with E-state index in [1.165, 1.54) is 5.01 Å². The Hall–Kier alpha value is -3.67. The van der Waals surface area contributed by atoms with E-state index < -0.39 is 6.09 Å². The molecule has 3 aromatic rings. The van der Waals surface area contributed by atoms with Crippen molar-refractivity contribution in [1.29, 1.82) is 0 Å². The molecule has 6 nitrogen and oxygen atoms in total. The largest absolute Gasteiger partial charge is 0.497 e. The third kappa shape index (κ3) is 4.70. The molecule has 0 saturated heterocycles. The van der Waals surface area contributed by atoms with E-state index in [9.17, 15) is 4.79 Å². The lowest BCUT2D eigenvalue weighted by Gasteiger charge is -2.24. The fourth-order valence-electron chi connectivity index (χ4n) is 2.38. The second kappa shape index (κ2) is 8.62. The molecular formula is C21H20N2O4. The first-order valence-electron chi connectivity index (χ1n) is 8.31. The van der Waals surface area contributed by atoms with Gasteiger partial charge >= 0.3 is 6.09 Å². The Morgan fingerprint density at radius 2 is 1.30 bits per heavy atom. The summed E-state index contributed by atoms with van der Waals surface area (Å²) >= 11 is 0. The summed E-state index contributed by atoms with van der Waals surface area (Å²) < 4.78 is 15.8. The predicted octanol–water partition coefficient (Wildman–Crippen LogP) is 4.74. The summed E-state index contributed by atoms with van der Waals surface area (Å²) in [5, 5.41) is 1.33. The first-order chi connectivity index (χ1) is 13.2. The number of ether oxygens (including phenoxy) is 3. The van der Waals surface area contributed by atoms with Crippen LogP contribution in [0, 0.1) is 0 Å². The van der Waals surface area contributed by atoms with Crippen LogP contribution < -0.4 is 24.6 Å². The highest BCUT2D eigenvalue weighted by Crippen LogP contribution is 2.23. The SMILES string of the molecule is COc1ccc(NN(C(=O)Oc2ccccc2)c2ccc(OC)cc2)cc1. The Morgan fingerprint density at radius 3 is 1.85 bits per heavy atom. The molecule has 0 aromatic heterocycles. The standard InChI is InChI=1S/C21H20N2O4/c1-25-18-12-8-16(9-13-18)22-23(17-10-14-19(26-2)15-11-17)21(24)27-20-6-4-3-5-7-20/h3-15,22H,1-2H3. The molecule has 0 fully saturated rings. The number of amides is 1. The highest BCUT2D eigenvalue weighted by molar-refractivity contribution is 5.91. The minimum atomic E-state index is -0.567. The maximum Gasteiger partial charge on any atom is 0.438 e. The molecule has 0 heterocycles. The fraction of sp³-hybridized carbons (Fsp3) is 0.0952. The van der Waals surface area contributed by atoms with Crippen LogP contribution in [0.3, 0.4) is 0 Å². The van der Waals surface area contributed by atoms with Gasteiger partial charge in [0, 0.05) is 0 Å². The van der Waals surface area contributed by atoms with Gasteiger partial charge in [0.15, 0.2) is 0 Å². The van der Waals surface area contributed by atoms with Gasteiger partial charge in [-0.05, 0) is 60.7 Å². The Labute approximate surface area is 157 Å². The predicted molar refractivity (Wildman–Crippen MR) is 105 cm³/mol. The molecule has 0 unspecified atom stereocenters. The normalized spacial score (nSPS) is 10.0. The van der Waals surface area contributed by atoms with Crippen molar-refractivity contribution >= 4 is 17.5 Å². The van der Waals surface area contributed by atoms with Gasteiger partial charge in [-0.15, -0.1) is 0 Å². The monoisotopic (exact) mass is 364 g/mol. The van der Waals surface area contributed by atoms with Crippen molar-refractivity contribution in [3.05, 3.63) is 78.9 Å². The zero-order chi connectivity index (χ0) is 19.1. The number of nitrogens with zero attached hydrogens (tertiary/aromatic N) is 1. The summed E-state index contributed by atoms with van der Waals surface area (Å²) in [5.41, 5.74) is 4.38. The zero-order valence-electron chi connectivity index (χ0n) is 15.1. The number of benzene rings is 3. The fourth-order valence-corrected chi connectivity index (χ4v) is 2.38. The van der Waals surface area contributed by atoms with Crippen LogP contribution in [0.25, 0.3) is 0 Å². The molecule has 0 saturated carbocycles. The Balaban J connectivity index is 1.85. The summed E-state index contributed by atoms with van der Waals surface area (Å²) in [4.78, 5) is 12.8. The van der Waals surface area contributed by atoms with E-state index in [-0.39, 0.29) is 0 Å². The summed E-state index contributed by atoms with van der Waals surface area (Å²) in [6, 6.07) is 23.2. The molecule has 6 heteroatoms. The molecule has 1 amide bonds. The van der Waals surface area contributed by atoms with Gasteiger partial charge in [-0.25, -0.2) is 4.79 Å². The van der Waals surface area contributed by atoms with E-state index in [2.05, 4.69) is 5.43 Å². The Morgan fingerprint density at radius 1 is 0.741 bits per heavy atom. The zero-order valence-corrected chi connectivity index (χ0v) is 15.1. The van der Waals surface area contributed by atoms with Gasteiger partial charge in [0.1, 0.15) is 17.2 Å². The maximum atomic E-state index is 12.8. The van der Waals surface area contributed by atoms with Crippen molar-refractivity contribution in [3.8, 4) is 17.2 Å². The van der Waals surface area contributed by atoms with Gasteiger partial charge in [-0.1, -0.05) is 18.2 Å². The van der Waals surface area contributed by atoms with Gasteiger partial charge < -0.3 is 14.2 Å². The summed E-state index contributed by atoms with van der Waals surface area (Å²) in [6.45, 7) is 0. The smallest absolute Gasteiger partial charge is 0.438 e. The van der Waals surface area contributed by atoms with Crippen LogP contribution in [0.2, 0.25) is 0 Å². The molecule has 0 aliphatic rings. The van der Waals surface area contributed by atoms with Crippen molar-refractivity contribution in [2.45, 2.75) is 0 Å². The van der Waals surface area contributed by atoms with E-state index in [1.54, 1.807) is 74.9 Å². The van der Waals surface area contributed by atoms with Crippen molar-refractivity contribution in [1.82, 2.24) is 0 Å². The number of hydrogen-bond donors (Lipinski definition) is 1. The van der Waals surface area contributed by atoms with Crippen molar-refractivity contribution in [3.63, 3.8) is 0 Å². The number of carbonyl (C=O) groups excluding carboxylic acids is 1. The third-order valence-electron chi connectivity index (χ3n) is 3.79. The molecule has 0 aliphatic carbocycles. The number of hydrazine groups is 1. The highest BCUT2D eigenvalue weighted by atomic mass is 16.6. The molecule has 27 heavy (non-hydrogen) atoms. The van der Waals surface area contributed by atoms with Crippen molar-refractivity contribution < 1.29 is 19.0 Å². The number of hydrogen-bond acceptors (Lipinski definition) is 5. The van der Waals surface area contributed by atoms with E-state index in [4.69, 9.17) is 14.2 Å². The molecule has 0 bridgehead atoms. The quantitative estimate of drug-likeness (QED) is 0.641. The molecule has 0 atom stereocenters. The number of nitrogens with one attached hydrogen (secondary N) is 1. The van der Waals surface area contributed by atoms with Crippen LogP contribution in [0.15, 0.2) is 78.9 Å². The molecule has 138 valence electrons. The number of anilines is 2. The van der Waals surface area contributed by atoms with Gasteiger partial charge in [0.05, 0.1) is 25.6 Å². The number of rotatable bonds is 6. The van der Waals surface area contributed by atoms with Crippen LogP contribution in [-0.4, -0.2) is 20.3 Å². The van der Waals surface area contributed by atoms with E-state index in [0.29, 0.717) is 22.9 Å². The highest BCUT2D eigenvalue weighted by Gasteiger charge is 2.19. The second-order valence-corrected chi connectivity index (χ2v) is 5.55. The Kier molecular flexibility index (Phi) is 5.79. The van der Waals surface area contributed by atoms with Crippen molar-refractivity contribution in [2.24, 2.45) is 0 Å². The lowest BCUT2D eigenvalue weighted by Crippen LogP contribution is -2.38. The van der Waals surface area contributed by atoms with E-state index in [0.717, 1.165) is 5.75 Å². The molecule has 0 radical (unpaired) electrons. The van der Waals surface area contributed by atoms with Gasteiger partial charge in [-0.3, -0.25) is 5.43 Å². The maximum absolute atomic E-state index is 12.8. The minimum absolute atomic E-state index is 0.456. The molecule has 3 aromatic carbocycles. The molecule has 0 spiro atoms. The summed E-state index contributed by atoms with van der Waals surface area (Å²) in [5.74, 6) is 1.88. The van der Waals surface area contributed by atoms with Crippen LogP contribution in [0.4, 0.5) is 16.2 Å². The lowest BCUT2D eigenvalue weighted by atomic mass is 10.3. The van der Waals surface area contributed by atoms with Crippen LogP contribution in [0.1, 0.15) is 0 Å². The van der Waals surface area contributed by atoms with Gasteiger partial charge in [-0.2, -0.15) is 5.01 Å². The average Bonchev–Trinajstić information content (AvgIpc) is 2.73. The average molecular weight is 364 g/mol. The van der Waals surface area contributed by atoms with Crippen LogP contribution in [0.5, 0.6) is 17.2 Å². The van der Waals surface area contributed by atoms with Crippen LogP contribution >= 0.6 is 0 Å². The van der Waals surface area contributed by atoms with E-state index >= 15 is 0 Å². The topological polar surface area (TPSA) is 60.0 Å². The number of para-hydroxylation sites is 1. The lowest BCUT2D eigenvalue weighted by molar-refractivity contribution is 0.209. The number of methoxy groups -OCH3 is 2. The summed E-state index contributed by atoms with van der Waals surface area (Å²) in [6.07, 6.45) is -0.567. The first kappa shape index (κ1) is 18.1. The minimum Gasteiger partial charge on any atom is -0.497 e. The molecule has 1 N–H and O–H groups in total. The second-order valence-electron chi connectivity index (χ2n) is 5.55. The molecular weight excluding hydrogens is 344 g/mol. The van der Waals surface area contributed by atoms with Gasteiger partial charge in [0.25, 0.3) is 0 Å². The molecule has 3 rings (SSSR count). The first-order valence-corrected chi connectivity index (χ1v) is 8.31.